The maximum Gasteiger partial charge on any atom is 0.0707 e. The summed E-state index contributed by atoms with van der Waals surface area (Å²) < 4.78 is 11.2. The molecule has 96 valence electrons. The fourth-order valence-corrected chi connectivity index (χ4v) is 2.08. The Bertz CT molecular complexity index is 193. The van der Waals surface area contributed by atoms with Crippen molar-refractivity contribution in [2.75, 3.05) is 19.8 Å². The largest absolute Gasteiger partial charge is 0.377 e. The second kappa shape index (κ2) is 5.99. The van der Waals surface area contributed by atoms with Crippen LogP contribution in [0.2, 0.25) is 0 Å². The van der Waals surface area contributed by atoms with Gasteiger partial charge in [0.25, 0.3) is 0 Å². The summed E-state index contributed by atoms with van der Waals surface area (Å²) in [6, 6.07) is 0. The van der Waals surface area contributed by atoms with E-state index in [2.05, 4.69) is 20.8 Å². The average molecular weight is 229 g/mol. The molecule has 0 amide bonds. The highest BCUT2D eigenvalue weighted by Gasteiger charge is 2.27. The van der Waals surface area contributed by atoms with Gasteiger partial charge in [0.1, 0.15) is 0 Å². The molecule has 0 aromatic carbocycles. The second-order valence-corrected chi connectivity index (χ2v) is 5.94. The van der Waals surface area contributed by atoms with Gasteiger partial charge in [-0.3, -0.25) is 0 Å². The van der Waals surface area contributed by atoms with Crippen molar-refractivity contribution in [1.82, 2.24) is 0 Å². The number of ether oxygens (including phenoxy) is 2. The fraction of sp³-hybridized carbons (Fsp3) is 1.00. The minimum atomic E-state index is -0.0748. The number of nitrogens with two attached hydrogens (primary N) is 1. The minimum absolute atomic E-state index is 0.0695. The van der Waals surface area contributed by atoms with E-state index in [-0.39, 0.29) is 11.1 Å². The van der Waals surface area contributed by atoms with Crippen molar-refractivity contribution in [2.24, 2.45) is 5.73 Å². The third-order valence-corrected chi connectivity index (χ3v) is 3.00. The molecular formula is C13H27NO2. The van der Waals surface area contributed by atoms with Crippen molar-refractivity contribution in [3.63, 3.8) is 0 Å². The molecule has 0 saturated heterocycles. The zero-order valence-corrected chi connectivity index (χ0v) is 11.1. The summed E-state index contributed by atoms with van der Waals surface area (Å²) in [7, 11) is 0. The predicted molar refractivity (Wildman–Crippen MR) is 66.5 cm³/mol. The number of rotatable bonds is 5. The molecule has 1 saturated carbocycles. The van der Waals surface area contributed by atoms with E-state index >= 15 is 0 Å². The van der Waals surface area contributed by atoms with Crippen LogP contribution in [-0.2, 0) is 9.47 Å². The van der Waals surface area contributed by atoms with E-state index in [1.807, 2.05) is 0 Å². The average Bonchev–Trinajstić information content (AvgIpc) is 2.16. The summed E-state index contributed by atoms with van der Waals surface area (Å²) in [5.74, 6) is 0. The van der Waals surface area contributed by atoms with Crippen LogP contribution in [-0.4, -0.2) is 31.0 Å². The molecule has 1 fully saturated rings. The molecule has 1 rings (SSSR count). The van der Waals surface area contributed by atoms with Gasteiger partial charge in [0.15, 0.2) is 0 Å². The first-order valence-corrected chi connectivity index (χ1v) is 6.42. The number of hydrogen-bond donors (Lipinski definition) is 1. The Hall–Kier alpha value is -0.120. The van der Waals surface area contributed by atoms with Crippen LogP contribution >= 0.6 is 0 Å². The molecule has 16 heavy (non-hydrogen) atoms. The van der Waals surface area contributed by atoms with Crippen molar-refractivity contribution in [3.8, 4) is 0 Å². The van der Waals surface area contributed by atoms with Gasteiger partial charge in [-0.25, -0.2) is 0 Å². The zero-order chi connectivity index (χ0) is 12.1. The summed E-state index contributed by atoms with van der Waals surface area (Å²) in [6.45, 7) is 8.14. The number of hydrogen-bond acceptors (Lipinski definition) is 3. The SMILES string of the molecule is CC(C)(C)OCCOCC1(N)CCCCC1. The smallest absolute Gasteiger partial charge is 0.0707 e. The van der Waals surface area contributed by atoms with Crippen molar-refractivity contribution < 1.29 is 9.47 Å². The normalized spacial score (nSPS) is 21.0. The Balaban J connectivity index is 2.06. The Labute approximate surface area is 99.7 Å². The molecule has 2 N–H and O–H groups in total. The maximum absolute atomic E-state index is 6.26. The lowest BCUT2D eigenvalue weighted by Crippen LogP contribution is -2.46. The van der Waals surface area contributed by atoms with Gasteiger partial charge in [0.05, 0.1) is 25.4 Å². The summed E-state index contributed by atoms with van der Waals surface area (Å²) in [5.41, 5.74) is 6.12. The summed E-state index contributed by atoms with van der Waals surface area (Å²) >= 11 is 0. The lowest BCUT2D eigenvalue weighted by Gasteiger charge is -2.33. The molecule has 0 aromatic rings. The molecule has 0 heterocycles. The van der Waals surface area contributed by atoms with Crippen molar-refractivity contribution in [3.05, 3.63) is 0 Å². The van der Waals surface area contributed by atoms with Gasteiger partial charge >= 0.3 is 0 Å². The van der Waals surface area contributed by atoms with Crippen LogP contribution in [0.15, 0.2) is 0 Å². The Morgan fingerprint density at radius 3 is 2.25 bits per heavy atom. The van der Waals surface area contributed by atoms with E-state index in [1.165, 1.54) is 19.3 Å². The molecular weight excluding hydrogens is 202 g/mol. The zero-order valence-electron chi connectivity index (χ0n) is 11.1. The minimum Gasteiger partial charge on any atom is -0.377 e. The van der Waals surface area contributed by atoms with Gasteiger partial charge in [0.2, 0.25) is 0 Å². The summed E-state index contributed by atoms with van der Waals surface area (Å²) in [6.07, 6.45) is 6.03. The lowest BCUT2D eigenvalue weighted by molar-refractivity contribution is -0.0431. The van der Waals surface area contributed by atoms with E-state index < -0.39 is 0 Å². The molecule has 0 unspecified atom stereocenters. The van der Waals surface area contributed by atoms with Gasteiger partial charge in [-0.2, -0.15) is 0 Å². The van der Waals surface area contributed by atoms with Crippen LogP contribution in [0, 0.1) is 0 Å². The van der Waals surface area contributed by atoms with E-state index in [0.29, 0.717) is 19.8 Å². The summed E-state index contributed by atoms with van der Waals surface area (Å²) in [4.78, 5) is 0. The van der Waals surface area contributed by atoms with Crippen LogP contribution in [0.25, 0.3) is 0 Å². The monoisotopic (exact) mass is 229 g/mol. The highest BCUT2D eigenvalue weighted by atomic mass is 16.5. The van der Waals surface area contributed by atoms with Gasteiger partial charge in [0, 0.05) is 5.54 Å². The molecule has 3 heteroatoms. The topological polar surface area (TPSA) is 44.5 Å². The van der Waals surface area contributed by atoms with Gasteiger partial charge in [-0.1, -0.05) is 19.3 Å². The van der Waals surface area contributed by atoms with Crippen LogP contribution in [0.3, 0.4) is 0 Å². The van der Waals surface area contributed by atoms with Gasteiger partial charge in [-0.15, -0.1) is 0 Å². The fourth-order valence-electron chi connectivity index (χ4n) is 2.08. The lowest BCUT2D eigenvalue weighted by atomic mass is 9.83. The Kier molecular flexibility index (Phi) is 5.22. The first kappa shape index (κ1) is 13.9. The molecule has 0 aliphatic heterocycles. The highest BCUT2D eigenvalue weighted by Crippen LogP contribution is 2.25. The predicted octanol–water partition coefficient (Wildman–Crippen LogP) is 2.48. The third-order valence-electron chi connectivity index (χ3n) is 3.00. The molecule has 0 spiro atoms. The van der Waals surface area contributed by atoms with E-state index in [4.69, 9.17) is 15.2 Å². The van der Waals surface area contributed by atoms with Crippen molar-refractivity contribution >= 4 is 0 Å². The van der Waals surface area contributed by atoms with Gasteiger partial charge < -0.3 is 15.2 Å². The van der Waals surface area contributed by atoms with E-state index in [1.54, 1.807) is 0 Å². The second-order valence-electron chi connectivity index (χ2n) is 5.94. The van der Waals surface area contributed by atoms with Crippen molar-refractivity contribution in [1.29, 1.82) is 0 Å². The Morgan fingerprint density at radius 2 is 1.69 bits per heavy atom. The maximum atomic E-state index is 6.26. The van der Waals surface area contributed by atoms with Crippen LogP contribution in [0.4, 0.5) is 0 Å². The highest BCUT2D eigenvalue weighted by molar-refractivity contribution is 4.86. The van der Waals surface area contributed by atoms with Gasteiger partial charge in [-0.05, 0) is 33.6 Å². The Morgan fingerprint density at radius 1 is 1.06 bits per heavy atom. The molecule has 0 aromatic heterocycles. The molecule has 1 aliphatic carbocycles. The quantitative estimate of drug-likeness (QED) is 0.737. The van der Waals surface area contributed by atoms with Crippen LogP contribution in [0.5, 0.6) is 0 Å². The molecule has 0 radical (unpaired) electrons. The standard InChI is InChI=1S/C13H27NO2/c1-12(2,3)16-10-9-15-11-13(14)7-5-4-6-8-13/h4-11,14H2,1-3H3. The molecule has 1 aliphatic rings. The molecule has 3 nitrogen and oxygen atoms in total. The van der Waals surface area contributed by atoms with Crippen LogP contribution < -0.4 is 5.73 Å². The first-order valence-electron chi connectivity index (χ1n) is 6.42. The van der Waals surface area contributed by atoms with Crippen LogP contribution in [0.1, 0.15) is 52.9 Å². The van der Waals surface area contributed by atoms with E-state index in [0.717, 1.165) is 12.8 Å². The van der Waals surface area contributed by atoms with Crippen molar-refractivity contribution in [2.45, 2.75) is 64.0 Å². The molecule has 0 atom stereocenters. The first-order chi connectivity index (χ1) is 7.41. The summed E-state index contributed by atoms with van der Waals surface area (Å²) in [5, 5.41) is 0. The van der Waals surface area contributed by atoms with E-state index in [9.17, 15) is 0 Å². The molecule has 0 bridgehead atoms. The third kappa shape index (κ3) is 5.83.